The van der Waals surface area contributed by atoms with Gasteiger partial charge in [-0.05, 0) is 56.2 Å². The van der Waals surface area contributed by atoms with Crippen molar-refractivity contribution in [1.29, 1.82) is 0 Å². The number of nitro benzene ring substituents is 1. The highest BCUT2D eigenvalue weighted by molar-refractivity contribution is 7.92. The van der Waals surface area contributed by atoms with Gasteiger partial charge >= 0.3 is 0 Å². The van der Waals surface area contributed by atoms with E-state index in [2.05, 4.69) is 5.32 Å². The van der Waals surface area contributed by atoms with Crippen LogP contribution in [0.15, 0.2) is 77.7 Å². The first kappa shape index (κ1) is 30.1. The van der Waals surface area contributed by atoms with E-state index >= 15 is 0 Å². The Morgan fingerprint density at radius 3 is 2.27 bits per heavy atom. The SMILES string of the molecule is CNC(=O)[C@H](C)N(CCc1ccccc1)C(=O)CN(c1ccc(OC)cc1)S(=O)(=O)c1ccc(C)c([N+](=O)[O-])c1. The summed E-state index contributed by atoms with van der Waals surface area (Å²) in [6, 6.07) is 18.1. The van der Waals surface area contributed by atoms with Gasteiger partial charge in [0.15, 0.2) is 0 Å². The Bertz CT molecular complexity index is 1460. The van der Waals surface area contributed by atoms with Crippen LogP contribution in [0, 0.1) is 17.0 Å². The molecular weight excluding hydrogens is 536 g/mol. The highest BCUT2D eigenvalue weighted by Gasteiger charge is 2.33. The third-order valence-electron chi connectivity index (χ3n) is 6.50. The number of sulfonamides is 1. The number of nitro groups is 1. The summed E-state index contributed by atoms with van der Waals surface area (Å²) in [6.07, 6.45) is 0.438. The van der Waals surface area contributed by atoms with Crippen LogP contribution in [0.5, 0.6) is 5.75 Å². The van der Waals surface area contributed by atoms with Crippen molar-refractivity contribution < 1.29 is 27.7 Å². The minimum atomic E-state index is -4.45. The molecule has 0 spiro atoms. The van der Waals surface area contributed by atoms with Crippen LogP contribution in [0.4, 0.5) is 11.4 Å². The van der Waals surface area contributed by atoms with Gasteiger partial charge in [-0.3, -0.25) is 24.0 Å². The molecular formula is C28H32N4O7S. The molecule has 3 aromatic rings. The number of rotatable bonds is 12. The van der Waals surface area contributed by atoms with Crippen LogP contribution in [0.25, 0.3) is 0 Å². The molecule has 0 aliphatic rings. The molecule has 3 aromatic carbocycles. The Morgan fingerprint density at radius 1 is 1.05 bits per heavy atom. The van der Waals surface area contributed by atoms with Crippen molar-refractivity contribution >= 4 is 33.2 Å². The predicted octanol–water partition coefficient (Wildman–Crippen LogP) is 3.31. The number of benzene rings is 3. The Kier molecular flexibility index (Phi) is 9.83. The molecule has 0 heterocycles. The summed E-state index contributed by atoms with van der Waals surface area (Å²) in [5.74, 6) is -0.557. The molecule has 0 aromatic heterocycles. The van der Waals surface area contributed by atoms with Crippen LogP contribution in [-0.2, 0) is 26.0 Å². The molecule has 1 N–H and O–H groups in total. The molecule has 0 fully saturated rings. The Balaban J connectivity index is 2.04. The van der Waals surface area contributed by atoms with Gasteiger partial charge < -0.3 is 15.0 Å². The van der Waals surface area contributed by atoms with Crippen LogP contribution < -0.4 is 14.4 Å². The molecule has 3 rings (SSSR count). The number of hydrogen-bond donors (Lipinski definition) is 1. The van der Waals surface area contributed by atoms with Gasteiger partial charge in [-0.25, -0.2) is 8.42 Å². The topological polar surface area (TPSA) is 139 Å². The lowest BCUT2D eigenvalue weighted by molar-refractivity contribution is -0.385. The van der Waals surface area contributed by atoms with Crippen molar-refractivity contribution in [3.8, 4) is 5.75 Å². The lowest BCUT2D eigenvalue weighted by Gasteiger charge is -2.31. The van der Waals surface area contributed by atoms with Gasteiger partial charge in [-0.2, -0.15) is 0 Å². The first-order valence-electron chi connectivity index (χ1n) is 12.5. The number of nitrogens with zero attached hydrogens (tertiary/aromatic N) is 3. The molecule has 1 atom stereocenters. The van der Waals surface area contributed by atoms with Crippen molar-refractivity contribution in [2.24, 2.45) is 0 Å². The quantitative estimate of drug-likeness (QED) is 0.261. The number of aryl methyl sites for hydroxylation is 1. The summed E-state index contributed by atoms with van der Waals surface area (Å²) in [5.41, 5.74) is 1.02. The van der Waals surface area contributed by atoms with Crippen LogP contribution in [-0.4, -0.2) is 63.3 Å². The zero-order chi connectivity index (χ0) is 29.4. The van der Waals surface area contributed by atoms with E-state index in [1.54, 1.807) is 19.1 Å². The maximum atomic E-state index is 13.9. The van der Waals surface area contributed by atoms with Gasteiger partial charge in [0.25, 0.3) is 15.7 Å². The van der Waals surface area contributed by atoms with Gasteiger partial charge in [0.05, 0.1) is 22.6 Å². The minimum Gasteiger partial charge on any atom is -0.497 e. The summed E-state index contributed by atoms with van der Waals surface area (Å²) in [7, 11) is -1.54. The molecule has 0 saturated heterocycles. The van der Waals surface area contributed by atoms with Crippen molar-refractivity contribution in [3.05, 3.63) is 94.0 Å². The van der Waals surface area contributed by atoms with Crippen LogP contribution in [0.1, 0.15) is 18.1 Å². The average Bonchev–Trinajstić information content (AvgIpc) is 2.95. The van der Waals surface area contributed by atoms with Crippen molar-refractivity contribution in [2.45, 2.75) is 31.2 Å². The fourth-order valence-electron chi connectivity index (χ4n) is 4.13. The third-order valence-corrected chi connectivity index (χ3v) is 8.27. The second-order valence-electron chi connectivity index (χ2n) is 9.03. The fraction of sp³-hybridized carbons (Fsp3) is 0.286. The van der Waals surface area contributed by atoms with E-state index in [0.717, 1.165) is 15.9 Å². The summed E-state index contributed by atoms with van der Waals surface area (Å²) in [5, 5.41) is 14.1. The van der Waals surface area contributed by atoms with E-state index in [1.165, 1.54) is 50.2 Å². The van der Waals surface area contributed by atoms with Crippen LogP contribution >= 0.6 is 0 Å². The number of carbonyl (C=O) groups is 2. The maximum Gasteiger partial charge on any atom is 0.273 e. The van der Waals surface area contributed by atoms with Gasteiger partial charge in [0.1, 0.15) is 18.3 Å². The molecule has 12 heteroatoms. The summed E-state index contributed by atoms with van der Waals surface area (Å²) in [6.45, 7) is 2.58. The minimum absolute atomic E-state index is 0.146. The van der Waals surface area contributed by atoms with Gasteiger partial charge in [-0.1, -0.05) is 36.4 Å². The molecule has 0 bridgehead atoms. The number of hydrogen-bond acceptors (Lipinski definition) is 7. The highest BCUT2D eigenvalue weighted by Crippen LogP contribution is 2.29. The summed E-state index contributed by atoms with van der Waals surface area (Å²) >= 11 is 0. The standard InChI is InChI=1S/C28H32N4O7S/c1-20-10-15-25(18-26(20)32(35)36)40(37,38)31(23-11-13-24(39-4)14-12-23)19-27(33)30(21(2)28(34)29-3)17-16-22-8-6-5-7-9-22/h5-15,18,21H,16-17,19H2,1-4H3,(H,29,34)/t21-/m0/s1. The number of nitrogens with one attached hydrogen (secondary N) is 1. The van der Waals surface area contributed by atoms with Crippen LogP contribution in [0.2, 0.25) is 0 Å². The Hall–Kier alpha value is -4.45. The van der Waals surface area contributed by atoms with Crippen LogP contribution in [0.3, 0.4) is 0 Å². The molecule has 11 nitrogen and oxygen atoms in total. The molecule has 0 saturated carbocycles. The molecule has 0 aliphatic carbocycles. The molecule has 2 amide bonds. The normalized spacial score (nSPS) is 11.8. The fourth-order valence-corrected chi connectivity index (χ4v) is 5.56. The van der Waals surface area contributed by atoms with Gasteiger partial charge in [0, 0.05) is 25.2 Å². The first-order chi connectivity index (χ1) is 19.0. The second-order valence-corrected chi connectivity index (χ2v) is 10.9. The van der Waals surface area contributed by atoms with E-state index in [1.807, 2.05) is 30.3 Å². The molecule has 212 valence electrons. The monoisotopic (exact) mass is 568 g/mol. The molecule has 0 unspecified atom stereocenters. The van der Waals surface area contributed by atoms with Crippen molar-refractivity contribution in [3.63, 3.8) is 0 Å². The second kappa shape index (κ2) is 13.1. The van der Waals surface area contributed by atoms with E-state index in [0.29, 0.717) is 17.7 Å². The largest absolute Gasteiger partial charge is 0.497 e. The average molecular weight is 569 g/mol. The number of methoxy groups -OCH3 is 1. The molecule has 0 aliphatic heterocycles. The predicted molar refractivity (Wildman–Crippen MR) is 151 cm³/mol. The first-order valence-corrected chi connectivity index (χ1v) is 13.9. The molecule has 0 radical (unpaired) electrons. The van der Waals surface area contributed by atoms with Crippen molar-refractivity contribution in [2.75, 3.05) is 31.6 Å². The van der Waals surface area contributed by atoms with E-state index in [4.69, 9.17) is 4.74 Å². The lowest BCUT2D eigenvalue weighted by atomic mass is 10.1. The number of ether oxygens (including phenoxy) is 1. The smallest absolute Gasteiger partial charge is 0.273 e. The number of carbonyl (C=O) groups excluding carboxylic acids is 2. The van der Waals surface area contributed by atoms with Gasteiger partial charge in [-0.15, -0.1) is 0 Å². The van der Waals surface area contributed by atoms with Gasteiger partial charge in [0.2, 0.25) is 11.8 Å². The highest BCUT2D eigenvalue weighted by atomic mass is 32.2. The third kappa shape index (κ3) is 6.94. The number of amides is 2. The summed E-state index contributed by atoms with van der Waals surface area (Å²) in [4.78, 5) is 38.1. The van der Waals surface area contributed by atoms with Crippen molar-refractivity contribution in [1.82, 2.24) is 10.2 Å². The van der Waals surface area contributed by atoms with E-state index in [9.17, 15) is 28.1 Å². The van der Waals surface area contributed by atoms with E-state index in [-0.39, 0.29) is 22.8 Å². The lowest BCUT2D eigenvalue weighted by Crippen LogP contribution is -2.51. The summed E-state index contributed by atoms with van der Waals surface area (Å²) < 4.78 is 33.8. The number of likely N-dealkylation sites (N-methyl/N-ethyl adjacent to an activating group) is 1. The zero-order valence-electron chi connectivity index (χ0n) is 22.7. The zero-order valence-corrected chi connectivity index (χ0v) is 23.6. The Labute approximate surface area is 233 Å². The number of anilines is 1. The maximum absolute atomic E-state index is 13.9. The Morgan fingerprint density at radius 2 is 1.70 bits per heavy atom. The molecule has 40 heavy (non-hydrogen) atoms. The van der Waals surface area contributed by atoms with E-state index < -0.39 is 39.3 Å².